The lowest BCUT2D eigenvalue weighted by Crippen LogP contribution is -2.35. The molecule has 0 aromatic heterocycles. The van der Waals surface area contributed by atoms with Crippen LogP contribution in [0.3, 0.4) is 0 Å². The summed E-state index contributed by atoms with van der Waals surface area (Å²) in [6.45, 7) is 18.7. The van der Waals surface area contributed by atoms with Crippen LogP contribution in [0.2, 0.25) is 0 Å². The Hall–Kier alpha value is -1.83. The van der Waals surface area contributed by atoms with Gasteiger partial charge in [-0.15, -0.1) is 0 Å². The Morgan fingerprint density at radius 3 is 1.58 bits per heavy atom. The van der Waals surface area contributed by atoms with Crippen molar-refractivity contribution in [2.75, 3.05) is 32.8 Å². The van der Waals surface area contributed by atoms with Gasteiger partial charge in [0.25, 0.3) is 0 Å². The molecule has 0 unspecified atom stereocenters. The summed E-state index contributed by atoms with van der Waals surface area (Å²) in [5.74, 6) is 0.633. The van der Waals surface area contributed by atoms with Crippen molar-refractivity contribution in [1.82, 2.24) is 10.2 Å². The minimum atomic E-state index is -0.492. The summed E-state index contributed by atoms with van der Waals surface area (Å²) in [6, 6.07) is 0. The molecule has 0 rings (SSSR count). The highest BCUT2D eigenvalue weighted by Crippen LogP contribution is 2.19. The van der Waals surface area contributed by atoms with Crippen LogP contribution in [0.1, 0.15) is 215 Å². The van der Waals surface area contributed by atoms with E-state index < -0.39 is 5.60 Å². The highest BCUT2D eigenvalue weighted by atomic mass is 16.6. The Bertz CT molecular complexity index is 829. The predicted molar refractivity (Wildman–Crippen MR) is 218 cm³/mol. The Kier molecular flexibility index (Phi) is 33.7. The highest BCUT2D eigenvalue weighted by molar-refractivity contribution is 5.69. The van der Waals surface area contributed by atoms with Gasteiger partial charge in [-0.25, -0.2) is 4.79 Å². The number of alkyl carbamates (subject to hydrolysis) is 1. The first-order chi connectivity index (χ1) is 25.0. The fraction of sp³-hybridized carbons (Fsp3) is 0.932. The molecular weight excluding hydrogens is 652 g/mol. The molecule has 0 bridgehead atoms. The van der Waals surface area contributed by atoms with Crippen LogP contribution in [0, 0.1) is 5.92 Å². The second kappa shape index (κ2) is 34.9. The molecule has 1 amide bonds. The Morgan fingerprint density at radius 2 is 1.06 bits per heavy atom. The summed E-state index contributed by atoms with van der Waals surface area (Å²) in [7, 11) is 0. The van der Waals surface area contributed by atoms with E-state index in [2.05, 4.69) is 37.9 Å². The monoisotopic (exact) mass is 739 g/mol. The van der Waals surface area contributed by atoms with Crippen LogP contribution in [-0.2, 0) is 23.8 Å². The van der Waals surface area contributed by atoms with E-state index in [1.54, 1.807) is 0 Å². The number of hydrogen-bond acceptors (Lipinski definition) is 7. The normalized spacial score (nSPS) is 11.8. The summed E-state index contributed by atoms with van der Waals surface area (Å²) in [6.07, 6.45) is 27.5. The number of esters is 2. The van der Waals surface area contributed by atoms with Crippen molar-refractivity contribution >= 4 is 18.0 Å². The summed E-state index contributed by atoms with van der Waals surface area (Å²) in [4.78, 5) is 39.4. The molecule has 1 N–H and O–H groups in total. The smallest absolute Gasteiger partial charge is 0.407 e. The van der Waals surface area contributed by atoms with Crippen molar-refractivity contribution in [3.8, 4) is 0 Å². The quantitative estimate of drug-likeness (QED) is 0.0388. The second-order valence-corrected chi connectivity index (χ2v) is 16.2. The van der Waals surface area contributed by atoms with E-state index in [1.165, 1.54) is 51.4 Å². The molecule has 0 heterocycles. The van der Waals surface area contributed by atoms with Crippen LogP contribution in [0.25, 0.3) is 0 Å². The maximum Gasteiger partial charge on any atom is 0.407 e. The number of carbonyl (C=O) groups is 3. The van der Waals surface area contributed by atoms with E-state index in [-0.39, 0.29) is 24.1 Å². The highest BCUT2D eigenvalue weighted by Gasteiger charge is 2.16. The lowest BCUT2D eigenvalue weighted by molar-refractivity contribution is -0.150. The van der Waals surface area contributed by atoms with E-state index in [9.17, 15) is 14.4 Å². The van der Waals surface area contributed by atoms with Crippen LogP contribution in [0.15, 0.2) is 0 Å². The molecule has 0 aromatic rings. The first kappa shape index (κ1) is 50.2. The van der Waals surface area contributed by atoms with E-state index in [0.29, 0.717) is 31.9 Å². The molecule has 52 heavy (non-hydrogen) atoms. The molecule has 0 radical (unpaired) electrons. The van der Waals surface area contributed by atoms with Crippen molar-refractivity contribution in [3.05, 3.63) is 0 Å². The van der Waals surface area contributed by atoms with Crippen molar-refractivity contribution in [2.24, 2.45) is 5.92 Å². The van der Waals surface area contributed by atoms with Gasteiger partial charge in [0.1, 0.15) is 11.7 Å². The summed E-state index contributed by atoms with van der Waals surface area (Å²) < 4.78 is 16.8. The van der Waals surface area contributed by atoms with Gasteiger partial charge in [-0.1, -0.05) is 118 Å². The number of rotatable bonds is 36. The molecule has 0 aliphatic carbocycles. The van der Waals surface area contributed by atoms with Crippen LogP contribution in [-0.4, -0.2) is 67.4 Å². The Morgan fingerprint density at radius 1 is 0.558 bits per heavy atom. The van der Waals surface area contributed by atoms with Crippen molar-refractivity contribution in [1.29, 1.82) is 0 Å². The van der Waals surface area contributed by atoms with E-state index in [1.807, 2.05) is 20.8 Å². The standard InChI is InChI=1S/C44H86N2O6/c1-8-12-20-29-40(30-21-13-9-2)51-42(48)32-23-17-15-19-25-36-46(37-26-34-45-43(49)52-44(5,6)7)35-24-18-14-16-22-31-41(47)50-38-33-39(27-10-3)28-11-4/h39-40H,8-38H2,1-7H3,(H,45,49). The molecule has 0 atom stereocenters. The van der Waals surface area contributed by atoms with Gasteiger partial charge < -0.3 is 24.4 Å². The van der Waals surface area contributed by atoms with Crippen LogP contribution in [0.5, 0.6) is 0 Å². The fourth-order valence-corrected chi connectivity index (χ4v) is 6.82. The van der Waals surface area contributed by atoms with E-state index in [4.69, 9.17) is 14.2 Å². The third-order valence-corrected chi connectivity index (χ3v) is 9.77. The number of hydrogen-bond donors (Lipinski definition) is 1. The summed E-state index contributed by atoms with van der Waals surface area (Å²) in [5, 5.41) is 2.90. The number of amides is 1. The van der Waals surface area contributed by atoms with Gasteiger partial charge in [-0.05, 0) is 111 Å². The van der Waals surface area contributed by atoms with Gasteiger partial charge in [0.05, 0.1) is 6.61 Å². The van der Waals surface area contributed by atoms with Crippen molar-refractivity contribution in [2.45, 2.75) is 227 Å². The van der Waals surface area contributed by atoms with Crippen LogP contribution in [0.4, 0.5) is 4.79 Å². The molecule has 0 aliphatic heterocycles. The lowest BCUT2D eigenvalue weighted by atomic mass is 9.95. The number of carbonyl (C=O) groups excluding carboxylic acids is 3. The first-order valence-corrected chi connectivity index (χ1v) is 22.1. The van der Waals surface area contributed by atoms with Gasteiger partial charge in [0.15, 0.2) is 0 Å². The molecule has 0 fully saturated rings. The largest absolute Gasteiger partial charge is 0.466 e. The molecule has 308 valence electrons. The molecular formula is C44H86N2O6. The second-order valence-electron chi connectivity index (χ2n) is 16.2. The molecule has 0 spiro atoms. The lowest BCUT2D eigenvalue weighted by Gasteiger charge is -2.23. The third kappa shape index (κ3) is 34.0. The van der Waals surface area contributed by atoms with Gasteiger partial charge in [0.2, 0.25) is 0 Å². The molecule has 8 heteroatoms. The number of unbranched alkanes of at least 4 members (excludes halogenated alkanes) is 12. The first-order valence-electron chi connectivity index (χ1n) is 22.1. The number of ether oxygens (including phenoxy) is 3. The average Bonchev–Trinajstić information content (AvgIpc) is 3.08. The Labute approximate surface area is 322 Å². The molecule has 0 aliphatic rings. The number of nitrogens with zero attached hydrogens (tertiary/aromatic N) is 1. The van der Waals surface area contributed by atoms with Crippen molar-refractivity contribution in [3.63, 3.8) is 0 Å². The third-order valence-electron chi connectivity index (χ3n) is 9.77. The Balaban J connectivity index is 4.42. The van der Waals surface area contributed by atoms with Crippen LogP contribution < -0.4 is 5.32 Å². The molecule has 8 nitrogen and oxygen atoms in total. The minimum Gasteiger partial charge on any atom is -0.466 e. The molecule has 0 saturated carbocycles. The molecule has 0 saturated heterocycles. The maximum atomic E-state index is 12.6. The summed E-state index contributed by atoms with van der Waals surface area (Å²) >= 11 is 0. The number of nitrogens with one attached hydrogen (secondary N) is 1. The molecule has 0 aromatic carbocycles. The average molecular weight is 739 g/mol. The zero-order valence-corrected chi connectivity index (χ0v) is 35.5. The SMILES string of the molecule is CCCCCC(CCCCC)OC(=O)CCCCCCCN(CCCCCCCC(=O)OCCC(CCC)CCC)CCCNC(=O)OC(C)(C)C. The zero-order chi connectivity index (χ0) is 38.7. The van der Waals surface area contributed by atoms with Gasteiger partial charge in [0, 0.05) is 19.4 Å². The fourth-order valence-electron chi connectivity index (χ4n) is 6.82. The summed E-state index contributed by atoms with van der Waals surface area (Å²) in [5.41, 5.74) is -0.492. The van der Waals surface area contributed by atoms with Gasteiger partial charge >= 0.3 is 18.0 Å². The zero-order valence-electron chi connectivity index (χ0n) is 35.5. The van der Waals surface area contributed by atoms with E-state index in [0.717, 1.165) is 122 Å². The van der Waals surface area contributed by atoms with E-state index >= 15 is 0 Å². The minimum absolute atomic E-state index is 0.0117. The van der Waals surface area contributed by atoms with Crippen molar-refractivity contribution < 1.29 is 28.6 Å². The topological polar surface area (TPSA) is 94.2 Å². The van der Waals surface area contributed by atoms with Crippen LogP contribution >= 0.6 is 0 Å². The van der Waals surface area contributed by atoms with Gasteiger partial charge in [-0.2, -0.15) is 0 Å². The van der Waals surface area contributed by atoms with Gasteiger partial charge in [-0.3, -0.25) is 9.59 Å². The predicted octanol–water partition coefficient (Wildman–Crippen LogP) is 12.1. The maximum absolute atomic E-state index is 12.6.